The van der Waals surface area contributed by atoms with E-state index in [1.807, 2.05) is 35.7 Å². The Balaban J connectivity index is 1.65. The van der Waals surface area contributed by atoms with E-state index < -0.39 is 23.8 Å². The Hall–Kier alpha value is -2.67. The fourth-order valence-corrected chi connectivity index (χ4v) is 5.94. The van der Waals surface area contributed by atoms with E-state index in [2.05, 4.69) is 5.32 Å². The van der Waals surface area contributed by atoms with Crippen molar-refractivity contribution in [3.8, 4) is 11.1 Å². The third kappa shape index (κ3) is 3.74. The third-order valence-electron chi connectivity index (χ3n) is 6.16. The predicted molar refractivity (Wildman–Crippen MR) is 114 cm³/mol. The molecule has 2 bridgehead atoms. The summed E-state index contributed by atoms with van der Waals surface area (Å²) in [6.07, 6.45) is 2.24. The minimum atomic E-state index is -0.905. The van der Waals surface area contributed by atoms with Gasteiger partial charge in [-0.25, -0.2) is 4.79 Å². The SMILES string of the molecule is CC(C)OC(=O)c1c(-c2ccccc2)csc1NC(=O)[C@H]1[C@H]2CC[C@@H](C2)[C@H]1C(=O)O. The van der Waals surface area contributed by atoms with Gasteiger partial charge < -0.3 is 15.2 Å². The fourth-order valence-electron chi connectivity index (χ4n) is 4.97. The van der Waals surface area contributed by atoms with E-state index in [1.165, 1.54) is 11.3 Å². The van der Waals surface area contributed by atoms with E-state index in [0.29, 0.717) is 16.1 Å². The number of nitrogens with one attached hydrogen (secondary N) is 1. The summed E-state index contributed by atoms with van der Waals surface area (Å²) in [6.45, 7) is 3.55. The molecule has 0 saturated heterocycles. The normalized spacial score (nSPS) is 24.8. The quantitative estimate of drug-likeness (QED) is 0.654. The molecular formula is C23H25NO5S. The number of benzene rings is 1. The highest BCUT2D eigenvalue weighted by Gasteiger charge is 2.54. The van der Waals surface area contributed by atoms with E-state index in [0.717, 1.165) is 24.8 Å². The highest BCUT2D eigenvalue weighted by atomic mass is 32.1. The van der Waals surface area contributed by atoms with Crippen molar-refractivity contribution in [2.24, 2.45) is 23.7 Å². The molecule has 2 aliphatic carbocycles. The van der Waals surface area contributed by atoms with Gasteiger partial charge in [-0.2, -0.15) is 0 Å². The Labute approximate surface area is 179 Å². The predicted octanol–water partition coefficient (Wildman–Crippen LogP) is 4.67. The van der Waals surface area contributed by atoms with Crippen molar-refractivity contribution < 1.29 is 24.2 Å². The zero-order valence-electron chi connectivity index (χ0n) is 17.0. The van der Waals surface area contributed by atoms with Gasteiger partial charge in [-0.3, -0.25) is 9.59 Å². The molecule has 4 rings (SSSR count). The Morgan fingerprint density at radius 2 is 1.77 bits per heavy atom. The summed E-state index contributed by atoms with van der Waals surface area (Å²) < 4.78 is 5.44. The molecule has 2 fully saturated rings. The second kappa shape index (κ2) is 8.22. The van der Waals surface area contributed by atoms with E-state index in [1.54, 1.807) is 13.8 Å². The van der Waals surface area contributed by atoms with Crippen LogP contribution in [0.25, 0.3) is 11.1 Å². The zero-order valence-corrected chi connectivity index (χ0v) is 17.8. The number of carboxylic acids is 1. The smallest absolute Gasteiger partial charge is 0.342 e. The van der Waals surface area contributed by atoms with Gasteiger partial charge in [-0.15, -0.1) is 11.3 Å². The minimum Gasteiger partial charge on any atom is -0.481 e. The van der Waals surface area contributed by atoms with Gasteiger partial charge in [0.05, 0.1) is 17.9 Å². The molecule has 158 valence electrons. The number of esters is 1. The van der Waals surface area contributed by atoms with Crippen molar-refractivity contribution in [2.75, 3.05) is 5.32 Å². The van der Waals surface area contributed by atoms with Gasteiger partial charge in [0.25, 0.3) is 0 Å². The highest BCUT2D eigenvalue weighted by Crippen LogP contribution is 2.53. The maximum Gasteiger partial charge on any atom is 0.342 e. The second-order valence-corrected chi connectivity index (χ2v) is 9.27. The van der Waals surface area contributed by atoms with Crippen LogP contribution in [0.1, 0.15) is 43.5 Å². The standard InChI is InChI=1S/C23H25NO5S/c1-12(2)29-23(28)19-16(13-6-4-3-5-7-13)11-30-21(19)24-20(25)17-14-8-9-15(10-14)18(17)22(26)27/h3-7,11-12,14-15,17-18H,8-10H2,1-2H3,(H,24,25)(H,26,27)/t14-,15-,17-,18+/m0/s1. The number of hydrogen-bond acceptors (Lipinski definition) is 5. The number of ether oxygens (including phenoxy) is 1. The lowest BCUT2D eigenvalue weighted by atomic mass is 9.79. The fraction of sp³-hybridized carbons (Fsp3) is 0.435. The molecule has 2 N–H and O–H groups in total. The van der Waals surface area contributed by atoms with Gasteiger partial charge in [0.2, 0.25) is 5.91 Å². The number of rotatable bonds is 6. The van der Waals surface area contributed by atoms with E-state index in [9.17, 15) is 19.5 Å². The van der Waals surface area contributed by atoms with E-state index in [4.69, 9.17) is 4.74 Å². The van der Waals surface area contributed by atoms with Crippen molar-refractivity contribution in [1.82, 2.24) is 0 Å². The van der Waals surface area contributed by atoms with Crippen molar-refractivity contribution in [1.29, 1.82) is 0 Å². The molecule has 2 aliphatic rings. The number of anilines is 1. The lowest BCUT2D eigenvalue weighted by Gasteiger charge is -2.27. The molecule has 2 aromatic rings. The van der Waals surface area contributed by atoms with Crippen LogP contribution in [0, 0.1) is 23.7 Å². The third-order valence-corrected chi connectivity index (χ3v) is 7.06. The van der Waals surface area contributed by atoms with Crippen molar-refractivity contribution in [3.63, 3.8) is 0 Å². The van der Waals surface area contributed by atoms with Crippen LogP contribution < -0.4 is 5.32 Å². The molecule has 1 amide bonds. The van der Waals surface area contributed by atoms with Crippen LogP contribution in [0.5, 0.6) is 0 Å². The molecule has 4 atom stereocenters. The summed E-state index contributed by atoms with van der Waals surface area (Å²) in [5, 5.41) is 14.8. The maximum absolute atomic E-state index is 13.1. The number of hydrogen-bond donors (Lipinski definition) is 2. The molecular weight excluding hydrogens is 402 g/mol. The largest absolute Gasteiger partial charge is 0.481 e. The molecule has 7 heteroatoms. The number of amides is 1. The summed E-state index contributed by atoms with van der Waals surface area (Å²) >= 11 is 1.26. The second-order valence-electron chi connectivity index (χ2n) is 8.39. The molecule has 2 saturated carbocycles. The van der Waals surface area contributed by atoms with Crippen LogP contribution in [0.15, 0.2) is 35.7 Å². The maximum atomic E-state index is 13.1. The molecule has 1 aromatic carbocycles. The van der Waals surface area contributed by atoms with Gasteiger partial charge in [0.1, 0.15) is 10.6 Å². The van der Waals surface area contributed by atoms with E-state index >= 15 is 0 Å². The zero-order chi connectivity index (χ0) is 21.4. The van der Waals surface area contributed by atoms with Crippen LogP contribution in [-0.4, -0.2) is 29.1 Å². The van der Waals surface area contributed by atoms with Crippen molar-refractivity contribution in [2.45, 2.75) is 39.2 Å². The first kappa shape index (κ1) is 20.6. The first-order chi connectivity index (χ1) is 14.4. The van der Waals surface area contributed by atoms with Crippen molar-refractivity contribution >= 4 is 34.2 Å². The number of carboxylic acid groups (broad SMARTS) is 1. The molecule has 0 unspecified atom stereocenters. The van der Waals surface area contributed by atoms with Crippen LogP contribution in [0.2, 0.25) is 0 Å². The Bertz CT molecular complexity index is 967. The molecule has 30 heavy (non-hydrogen) atoms. The molecule has 0 radical (unpaired) electrons. The minimum absolute atomic E-state index is 0.0665. The number of thiophene rings is 1. The average Bonchev–Trinajstić information content (AvgIpc) is 3.42. The summed E-state index contributed by atoms with van der Waals surface area (Å²) in [5.41, 5.74) is 1.88. The Morgan fingerprint density at radius 3 is 2.40 bits per heavy atom. The molecule has 0 spiro atoms. The first-order valence-electron chi connectivity index (χ1n) is 10.3. The lowest BCUT2D eigenvalue weighted by Crippen LogP contribution is -2.38. The number of carbonyl (C=O) groups excluding carboxylic acids is 2. The Morgan fingerprint density at radius 1 is 1.10 bits per heavy atom. The summed E-state index contributed by atoms with van der Waals surface area (Å²) in [6, 6.07) is 9.46. The molecule has 1 aromatic heterocycles. The van der Waals surface area contributed by atoms with Crippen LogP contribution >= 0.6 is 11.3 Å². The monoisotopic (exact) mass is 427 g/mol. The number of fused-ring (bicyclic) bond motifs is 2. The average molecular weight is 428 g/mol. The van der Waals surface area contributed by atoms with Crippen molar-refractivity contribution in [3.05, 3.63) is 41.3 Å². The molecule has 1 heterocycles. The van der Waals surface area contributed by atoms with Crippen LogP contribution in [-0.2, 0) is 14.3 Å². The van der Waals surface area contributed by atoms with Gasteiger partial charge in [-0.05, 0) is 50.5 Å². The molecule has 6 nitrogen and oxygen atoms in total. The van der Waals surface area contributed by atoms with Crippen LogP contribution in [0.4, 0.5) is 5.00 Å². The lowest BCUT2D eigenvalue weighted by molar-refractivity contribution is -0.148. The highest BCUT2D eigenvalue weighted by molar-refractivity contribution is 7.15. The van der Waals surface area contributed by atoms with Gasteiger partial charge in [0, 0.05) is 10.9 Å². The number of carbonyl (C=O) groups is 3. The van der Waals surface area contributed by atoms with Gasteiger partial charge in [-0.1, -0.05) is 30.3 Å². The Kier molecular flexibility index (Phi) is 5.64. The summed E-state index contributed by atoms with van der Waals surface area (Å²) in [4.78, 5) is 37.8. The summed E-state index contributed by atoms with van der Waals surface area (Å²) in [7, 11) is 0. The molecule has 0 aliphatic heterocycles. The van der Waals surface area contributed by atoms with Crippen LogP contribution in [0.3, 0.4) is 0 Å². The number of aliphatic carboxylic acids is 1. The summed E-state index contributed by atoms with van der Waals surface area (Å²) in [5.74, 6) is -2.76. The van der Waals surface area contributed by atoms with Gasteiger partial charge in [0.15, 0.2) is 0 Å². The first-order valence-corrected chi connectivity index (χ1v) is 11.2. The topological polar surface area (TPSA) is 92.7 Å². The van der Waals surface area contributed by atoms with E-state index in [-0.39, 0.29) is 23.8 Å². The van der Waals surface area contributed by atoms with Gasteiger partial charge >= 0.3 is 11.9 Å².